The highest BCUT2D eigenvalue weighted by molar-refractivity contribution is 5.78. The van der Waals surface area contributed by atoms with Crippen molar-refractivity contribution in [1.82, 2.24) is 15.0 Å². The van der Waals surface area contributed by atoms with Crippen LogP contribution in [0.2, 0.25) is 0 Å². The van der Waals surface area contributed by atoms with Gasteiger partial charge >= 0.3 is 0 Å². The first-order chi connectivity index (χ1) is 12.3. The molecule has 2 aromatic rings. The fraction of sp³-hybridized carbons (Fsp3) is 0.500. The first-order valence-corrected chi connectivity index (χ1v) is 8.55. The molecule has 1 saturated heterocycles. The number of ether oxygens (including phenoxy) is 2. The normalized spacial score (nSPS) is 17.6. The summed E-state index contributed by atoms with van der Waals surface area (Å²) in [6.45, 7) is 1.60. The van der Waals surface area contributed by atoms with E-state index >= 15 is 0 Å². The van der Waals surface area contributed by atoms with E-state index in [0.29, 0.717) is 31.5 Å². The summed E-state index contributed by atoms with van der Waals surface area (Å²) < 4.78 is 15.8. The molecule has 1 aliphatic rings. The zero-order chi connectivity index (χ0) is 17.5. The standard InChI is InChI=1S/C18H23N3O4/c1-23-11-12-24-13-16(22)21-10-6-5-9-15(21)18-19-17(20-25-18)14-7-3-2-4-8-14/h2-4,7-8,15H,5-6,9-13H2,1H3. The predicted molar refractivity (Wildman–Crippen MR) is 90.7 cm³/mol. The highest BCUT2D eigenvalue weighted by atomic mass is 16.5. The Morgan fingerprint density at radius 2 is 2.12 bits per heavy atom. The van der Waals surface area contributed by atoms with E-state index in [4.69, 9.17) is 14.0 Å². The molecule has 0 radical (unpaired) electrons. The van der Waals surface area contributed by atoms with Gasteiger partial charge in [0.1, 0.15) is 12.6 Å². The van der Waals surface area contributed by atoms with Gasteiger partial charge in [-0.15, -0.1) is 0 Å². The third kappa shape index (κ3) is 4.43. The van der Waals surface area contributed by atoms with E-state index in [2.05, 4.69) is 10.1 Å². The topological polar surface area (TPSA) is 77.7 Å². The lowest BCUT2D eigenvalue weighted by molar-refractivity contribution is -0.141. The number of benzene rings is 1. The Labute approximate surface area is 146 Å². The molecule has 7 heteroatoms. The van der Waals surface area contributed by atoms with Crippen LogP contribution in [0.3, 0.4) is 0 Å². The minimum Gasteiger partial charge on any atom is -0.382 e. The number of amides is 1. The third-order valence-corrected chi connectivity index (χ3v) is 4.24. The molecule has 3 rings (SSSR count). The van der Waals surface area contributed by atoms with E-state index in [0.717, 1.165) is 24.8 Å². The molecule has 0 spiro atoms. The summed E-state index contributed by atoms with van der Waals surface area (Å²) in [7, 11) is 1.60. The fourth-order valence-corrected chi connectivity index (χ4v) is 2.95. The molecule has 1 aliphatic heterocycles. The maximum absolute atomic E-state index is 12.5. The summed E-state index contributed by atoms with van der Waals surface area (Å²) in [6.07, 6.45) is 2.82. The van der Waals surface area contributed by atoms with Crippen LogP contribution in [-0.4, -0.2) is 54.4 Å². The number of hydrogen-bond acceptors (Lipinski definition) is 6. The second-order valence-electron chi connectivity index (χ2n) is 5.97. The number of carbonyl (C=O) groups is 1. The average molecular weight is 345 g/mol. The Balaban J connectivity index is 1.68. The van der Waals surface area contributed by atoms with Crippen LogP contribution in [0, 0.1) is 0 Å². The van der Waals surface area contributed by atoms with Crippen molar-refractivity contribution < 1.29 is 18.8 Å². The second-order valence-corrected chi connectivity index (χ2v) is 5.97. The molecular formula is C18H23N3O4. The van der Waals surface area contributed by atoms with Gasteiger partial charge < -0.3 is 18.9 Å². The van der Waals surface area contributed by atoms with Gasteiger partial charge in [-0.25, -0.2) is 0 Å². The van der Waals surface area contributed by atoms with Gasteiger partial charge in [0, 0.05) is 19.2 Å². The van der Waals surface area contributed by atoms with Gasteiger partial charge in [-0.3, -0.25) is 4.79 Å². The molecule has 0 N–H and O–H groups in total. The van der Waals surface area contributed by atoms with Gasteiger partial charge in [0.25, 0.3) is 0 Å². The molecule has 0 bridgehead atoms. The van der Waals surface area contributed by atoms with Crippen LogP contribution in [0.4, 0.5) is 0 Å². The van der Waals surface area contributed by atoms with Crippen molar-refractivity contribution in [1.29, 1.82) is 0 Å². The SMILES string of the molecule is COCCOCC(=O)N1CCCCC1c1nc(-c2ccccc2)no1. The number of aromatic nitrogens is 2. The van der Waals surface area contributed by atoms with Gasteiger partial charge in [0.15, 0.2) is 0 Å². The summed E-state index contributed by atoms with van der Waals surface area (Å²) in [5, 5.41) is 4.07. The minimum absolute atomic E-state index is 0.0412. The van der Waals surface area contributed by atoms with Crippen LogP contribution in [0.25, 0.3) is 11.4 Å². The number of nitrogens with zero attached hydrogens (tertiary/aromatic N) is 3. The van der Waals surface area contributed by atoms with Crippen LogP contribution >= 0.6 is 0 Å². The van der Waals surface area contributed by atoms with Crippen LogP contribution in [-0.2, 0) is 14.3 Å². The smallest absolute Gasteiger partial charge is 0.249 e. The molecule has 1 aromatic heterocycles. The number of likely N-dealkylation sites (tertiary alicyclic amines) is 1. The largest absolute Gasteiger partial charge is 0.382 e. The number of piperidine rings is 1. The molecule has 25 heavy (non-hydrogen) atoms. The zero-order valence-electron chi connectivity index (χ0n) is 14.4. The number of carbonyl (C=O) groups excluding carboxylic acids is 1. The maximum Gasteiger partial charge on any atom is 0.249 e. The molecule has 1 fully saturated rings. The summed E-state index contributed by atoms with van der Waals surface area (Å²) in [4.78, 5) is 18.8. The lowest BCUT2D eigenvalue weighted by Gasteiger charge is -2.33. The average Bonchev–Trinajstić information content (AvgIpc) is 3.16. The molecule has 1 amide bonds. The first-order valence-electron chi connectivity index (χ1n) is 8.55. The minimum atomic E-state index is -0.183. The van der Waals surface area contributed by atoms with Crippen LogP contribution in [0.5, 0.6) is 0 Å². The Morgan fingerprint density at radius 3 is 2.92 bits per heavy atom. The van der Waals surface area contributed by atoms with E-state index in [1.807, 2.05) is 30.3 Å². The molecular weight excluding hydrogens is 322 g/mol. The molecule has 0 aliphatic carbocycles. The van der Waals surface area contributed by atoms with Gasteiger partial charge in [-0.05, 0) is 19.3 Å². The second kappa shape index (κ2) is 8.73. The summed E-state index contributed by atoms with van der Waals surface area (Å²) >= 11 is 0. The van der Waals surface area contributed by atoms with Gasteiger partial charge in [0.2, 0.25) is 17.6 Å². The number of methoxy groups -OCH3 is 1. The van der Waals surface area contributed by atoms with E-state index in [9.17, 15) is 4.79 Å². The number of rotatable bonds is 7. The molecule has 1 atom stereocenters. The molecule has 1 aromatic carbocycles. The zero-order valence-corrected chi connectivity index (χ0v) is 14.4. The Hall–Kier alpha value is -2.25. The van der Waals surface area contributed by atoms with E-state index < -0.39 is 0 Å². The molecule has 2 heterocycles. The first kappa shape index (κ1) is 17.6. The van der Waals surface area contributed by atoms with Crippen molar-refractivity contribution in [2.45, 2.75) is 25.3 Å². The van der Waals surface area contributed by atoms with E-state index in [-0.39, 0.29) is 18.6 Å². The van der Waals surface area contributed by atoms with E-state index in [1.165, 1.54) is 0 Å². The van der Waals surface area contributed by atoms with Crippen molar-refractivity contribution in [3.63, 3.8) is 0 Å². The van der Waals surface area contributed by atoms with Crippen molar-refractivity contribution in [3.05, 3.63) is 36.2 Å². The van der Waals surface area contributed by atoms with Gasteiger partial charge in [-0.1, -0.05) is 35.5 Å². The maximum atomic E-state index is 12.5. The molecule has 0 saturated carbocycles. The van der Waals surface area contributed by atoms with Crippen molar-refractivity contribution in [2.24, 2.45) is 0 Å². The molecule has 134 valence electrons. The van der Waals surface area contributed by atoms with Crippen molar-refractivity contribution in [3.8, 4) is 11.4 Å². The number of hydrogen-bond donors (Lipinski definition) is 0. The predicted octanol–water partition coefficient (Wildman–Crippen LogP) is 2.45. The Kier molecular flexibility index (Phi) is 6.14. The van der Waals surface area contributed by atoms with Gasteiger partial charge in [-0.2, -0.15) is 4.98 Å². The van der Waals surface area contributed by atoms with Crippen molar-refractivity contribution >= 4 is 5.91 Å². The van der Waals surface area contributed by atoms with Crippen LogP contribution in [0.15, 0.2) is 34.9 Å². The summed E-state index contributed by atoms with van der Waals surface area (Å²) in [5.74, 6) is 0.981. The highest BCUT2D eigenvalue weighted by Gasteiger charge is 2.32. The quantitative estimate of drug-likeness (QED) is 0.717. The van der Waals surface area contributed by atoms with E-state index in [1.54, 1.807) is 12.0 Å². The molecule has 7 nitrogen and oxygen atoms in total. The Bertz CT molecular complexity index is 674. The summed E-state index contributed by atoms with van der Waals surface area (Å²) in [6, 6.07) is 9.48. The highest BCUT2D eigenvalue weighted by Crippen LogP contribution is 2.31. The molecule has 1 unspecified atom stereocenters. The van der Waals surface area contributed by atoms with Gasteiger partial charge in [0.05, 0.1) is 13.2 Å². The summed E-state index contributed by atoms with van der Waals surface area (Å²) in [5.41, 5.74) is 0.897. The van der Waals surface area contributed by atoms with Crippen LogP contribution in [0.1, 0.15) is 31.2 Å². The van der Waals surface area contributed by atoms with Crippen molar-refractivity contribution in [2.75, 3.05) is 33.5 Å². The fourth-order valence-electron chi connectivity index (χ4n) is 2.95. The monoisotopic (exact) mass is 345 g/mol. The lowest BCUT2D eigenvalue weighted by atomic mass is 10.0. The lowest BCUT2D eigenvalue weighted by Crippen LogP contribution is -2.40. The Morgan fingerprint density at radius 1 is 1.28 bits per heavy atom. The van der Waals surface area contributed by atoms with Crippen LogP contribution < -0.4 is 0 Å². The third-order valence-electron chi connectivity index (χ3n) is 4.24.